The summed E-state index contributed by atoms with van der Waals surface area (Å²) in [6.45, 7) is 24.9. The molecule has 10 heteroatoms. The summed E-state index contributed by atoms with van der Waals surface area (Å²) in [6.07, 6.45) is 7.98. The Labute approximate surface area is 295 Å². The van der Waals surface area contributed by atoms with Crippen molar-refractivity contribution in [1.29, 1.82) is 0 Å². The average Bonchev–Trinajstić information content (AvgIpc) is 3.43. The van der Waals surface area contributed by atoms with Crippen LogP contribution in [-0.4, -0.2) is 82.2 Å². The third-order valence-electron chi connectivity index (χ3n) is 15.9. The zero-order chi connectivity index (χ0) is 36.1. The number of carboxylic acid groups (broad SMARTS) is 1. The molecule has 0 amide bonds. The van der Waals surface area contributed by atoms with Gasteiger partial charge in [-0.1, -0.05) is 86.0 Å². The van der Waals surface area contributed by atoms with Crippen LogP contribution in [0.2, 0.25) is 0 Å². The lowest BCUT2D eigenvalue weighted by molar-refractivity contribution is -0.254. The number of aromatic nitrogens is 4. The second-order valence-electron chi connectivity index (χ2n) is 19.7. The predicted molar refractivity (Wildman–Crippen MR) is 192 cm³/mol. The van der Waals surface area contributed by atoms with E-state index < -0.39 is 11.9 Å². The number of carboxylic acids is 1. The highest BCUT2D eigenvalue weighted by Crippen LogP contribution is 2.75. The van der Waals surface area contributed by atoms with Crippen molar-refractivity contribution >= 4 is 11.9 Å². The first-order valence-electron chi connectivity index (χ1n) is 19.0. The molecule has 0 radical (unpaired) electrons. The summed E-state index contributed by atoms with van der Waals surface area (Å²) in [6, 6.07) is 0.0560. The number of rotatable bonds is 8. The summed E-state index contributed by atoms with van der Waals surface area (Å²) in [5, 5.41) is 24.3. The van der Waals surface area contributed by atoms with Crippen LogP contribution in [-0.2, 0) is 14.3 Å². The van der Waals surface area contributed by atoms with Gasteiger partial charge in [0, 0.05) is 16.9 Å². The summed E-state index contributed by atoms with van der Waals surface area (Å²) >= 11 is 0. The predicted octanol–water partition coefficient (Wildman–Crippen LogP) is 6.75. The summed E-state index contributed by atoms with van der Waals surface area (Å²) in [7, 11) is 4.26. The van der Waals surface area contributed by atoms with Crippen molar-refractivity contribution in [3.8, 4) is 0 Å². The van der Waals surface area contributed by atoms with Crippen LogP contribution >= 0.6 is 0 Å². The van der Waals surface area contributed by atoms with E-state index in [4.69, 9.17) is 15.2 Å². The van der Waals surface area contributed by atoms with Gasteiger partial charge in [-0.2, -0.15) is 4.80 Å². The smallest absolute Gasteiger partial charge is 0.307 e. The van der Waals surface area contributed by atoms with Crippen LogP contribution in [0.15, 0.2) is 11.6 Å². The van der Waals surface area contributed by atoms with Gasteiger partial charge in [0.2, 0.25) is 0 Å². The fourth-order valence-electron chi connectivity index (χ4n) is 12.9. The number of hydrogen-bond donors (Lipinski definition) is 2. The van der Waals surface area contributed by atoms with Crippen LogP contribution in [0.25, 0.3) is 0 Å². The number of aliphatic carboxylic acids is 1. The molecule has 4 aliphatic carbocycles. The van der Waals surface area contributed by atoms with Crippen LogP contribution in [0.5, 0.6) is 0 Å². The zero-order valence-electron chi connectivity index (χ0n) is 32.5. The molecule has 1 saturated heterocycles. The molecule has 4 fully saturated rings. The van der Waals surface area contributed by atoms with Crippen molar-refractivity contribution in [2.45, 2.75) is 126 Å². The molecule has 1 aromatic heterocycles. The molecule has 2 heterocycles. The molecule has 0 spiro atoms. The highest BCUT2D eigenvalue weighted by molar-refractivity contribution is 5.73. The lowest BCUT2D eigenvalue weighted by Gasteiger charge is -2.71. The number of anilines is 1. The molecule has 49 heavy (non-hydrogen) atoms. The van der Waals surface area contributed by atoms with E-state index in [1.54, 1.807) is 4.80 Å². The number of tetrazole rings is 1. The van der Waals surface area contributed by atoms with Gasteiger partial charge in [-0.15, -0.1) is 5.10 Å². The SMILES string of the molecule is CC(C)[C@@H](C)[C@@]1(C)CC[C@]2(C)[C@H]3CC[C@@H]4[C@@]5(COC[C@@]4(C)[C@@H](OC[C@H](N(C)C)C(C)(C)C)[C@H](n4nnc(N)n4)C5)C3=CC[C@@]2(C)[C@@H]1C(=O)O. The number of ether oxygens (including phenoxy) is 2. The Morgan fingerprint density at radius 1 is 1.12 bits per heavy atom. The molecule has 1 aromatic rings. The Hall–Kier alpha value is -2.04. The normalized spacial score (nSPS) is 43.3. The minimum absolute atomic E-state index is 0.0290. The van der Waals surface area contributed by atoms with Gasteiger partial charge in [0.1, 0.15) is 6.04 Å². The van der Waals surface area contributed by atoms with Crippen molar-refractivity contribution < 1.29 is 19.4 Å². The number of nitrogens with zero attached hydrogens (tertiary/aromatic N) is 5. The molecule has 3 N–H and O–H groups in total. The van der Waals surface area contributed by atoms with Gasteiger partial charge >= 0.3 is 5.97 Å². The van der Waals surface area contributed by atoms with Gasteiger partial charge < -0.3 is 25.2 Å². The summed E-state index contributed by atoms with van der Waals surface area (Å²) in [5.41, 5.74) is 6.35. The number of nitrogens with two attached hydrogens (primary N) is 1. The van der Waals surface area contributed by atoms with E-state index in [0.717, 1.165) is 38.5 Å². The van der Waals surface area contributed by atoms with Crippen LogP contribution in [0, 0.1) is 62.1 Å². The largest absolute Gasteiger partial charge is 0.481 e. The first-order valence-corrected chi connectivity index (χ1v) is 19.0. The molecular weight excluding hydrogens is 616 g/mol. The number of likely N-dealkylation sites (N-methyl/N-ethyl adjacent to an activating group) is 1. The van der Waals surface area contributed by atoms with Crippen molar-refractivity contribution in [2.75, 3.05) is 39.6 Å². The maximum absolute atomic E-state index is 13.5. The van der Waals surface area contributed by atoms with Crippen LogP contribution in [0.4, 0.5) is 5.95 Å². The number of fused-ring (bicyclic) bond motifs is 3. The maximum Gasteiger partial charge on any atom is 0.307 e. The van der Waals surface area contributed by atoms with E-state index in [0.29, 0.717) is 43.5 Å². The van der Waals surface area contributed by atoms with Crippen molar-refractivity contribution in [3.63, 3.8) is 0 Å². The van der Waals surface area contributed by atoms with Gasteiger partial charge in [-0.25, -0.2) is 0 Å². The third kappa shape index (κ3) is 5.26. The Balaban J connectivity index is 1.43. The molecule has 0 aromatic carbocycles. The molecule has 1 aliphatic heterocycles. The molecule has 2 bridgehead atoms. The Morgan fingerprint density at radius 3 is 2.39 bits per heavy atom. The molecule has 6 rings (SSSR count). The number of hydrogen-bond acceptors (Lipinski definition) is 8. The van der Waals surface area contributed by atoms with Crippen molar-refractivity contribution in [3.05, 3.63) is 11.6 Å². The molecule has 5 aliphatic rings. The van der Waals surface area contributed by atoms with E-state index in [-0.39, 0.29) is 56.6 Å². The van der Waals surface area contributed by atoms with E-state index in [9.17, 15) is 9.90 Å². The molecule has 276 valence electrons. The second kappa shape index (κ2) is 12.0. The monoisotopic (exact) mass is 683 g/mol. The van der Waals surface area contributed by atoms with E-state index in [1.807, 2.05) is 0 Å². The maximum atomic E-state index is 13.5. The molecule has 12 atom stereocenters. The van der Waals surface area contributed by atoms with Gasteiger partial charge in [-0.3, -0.25) is 4.79 Å². The quantitative estimate of drug-likeness (QED) is 0.286. The van der Waals surface area contributed by atoms with Crippen LogP contribution in [0.3, 0.4) is 0 Å². The Kier molecular flexibility index (Phi) is 9.00. The topological polar surface area (TPSA) is 129 Å². The third-order valence-corrected chi connectivity index (χ3v) is 15.9. The van der Waals surface area contributed by atoms with Crippen molar-refractivity contribution in [2.24, 2.45) is 62.1 Å². The summed E-state index contributed by atoms with van der Waals surface area (Å²) < 4.78 is 13.8. The molecular formula is C39H66N6O4. The van der Waals surface area contributed by atoms with Gasteiger partial charge in [0.15, 0.2) is 0 Å². The van der Waals surface area contributed by atoms with Gasteiger partial charge in [-0.05, 0) is 103 Å². The molecule has 3 saturated carbocycles. The number of carbonyl (C=O) groups is 1. The first-order chi connectivity index (χ1) is 22.7. The van der Waals surface area contributed by atoms with Crippen LogP contribution < -0.4 is 5.73 Å². The van der Waals surface area contributed by atoms with Crippen LogP contribution in [0.1, 0.15) is 114 Å². The number of allylic oxidation sites excluding steroid dienone is 1. The van der Waals surface area contributed by atoms with E-state index >= 15 is 0 Å². The average molecular weight is 683 g/mol. The lowest BCUT2D eigenvalue weighted by Crippen LogP contribution is -2.69. The highest BCUT2D eigenvalue weighted by Gasteiger charge is 2.72. The minimum Gasteiger partial charge on any atom is -0.481 e. The van der Waals surface area contributed by atoms with Crippen molar-refractivity contribution in [1.82, 2.24) is 25.1 Å². The lowest BCUT2D eigenvalue weighted by atomic mass is 9.34. The second-order valence-corrected chi connectivity index (χ2v) is 19.7. The Morgan fingerprint density at radius 2 is 1.82 bits per heavy atom. The molecule has 0 unspecified atom stereocenters. The number of nitrogen functional groups attached to an aromatic ring is 1. The summed E-state index contributed by atoms with van der Waals surface area (Å²) in [5.74, 6) is 0.525. The fraction of sp³-hybridized carbons (Fsp3) is 0.897. The van der Waals surface area contributed by atoms with Gasteiger partial charge in [0.25, 0.3) is 5.95 Å². The zero-order valence-corrected chi connectivity index (χ0v) is 32.5. The van der Waals surface area contributed by atoms with Gasteiger partial charge in [0.05, 0.1) is 31.8 Å². The highest BCUT2D eigenvalue weighted by atomic mass is 16.5. The standard InChI is InChI=1S/C39H66N6O4/c1-23(2)24(3)35(7)17-18-37(9)25-13-14-28-36(8)21-48-22-39(28,26(25)15-16-38(37,10)30(35)32(46)47)19-27(45-42-33(40)41-43-45)31(36)49-20-29(44(11)12)34(4,5)6/h15,23-25,27-31H,13-14,16-22H2,1-12H3,(H2,40,42)(H,46,47)/t24-,25+,27-,28+,29+,30-,31+,35-,36-,37-,38+,39+/m1/s1. The fourth-order valence-corrected chi connectivity index (χ4v) is 12.9. The Bertz CT molecular complexity index is 1450. The minimum atomic E-state index is -0.625. The van der Waals surface area contributed by atoms with E-state index in [2.05, 4.69) is 110 Å². The molecule has 10 nitrogen and oxygen atoms in total. The summed E-state index contributed by atoms with van der Waals surface area (Å²) in [4.78, 5) is 17.5. The first kappa shape index (κ1) is 36.7. The van der Waals surface area contributed by atoms with E-state index in [1.165, 1.54) is 5.57 Å².